The molecule has 0 bridgehead atoms. The zero-order valence-corrected chi connectivity index (χ0v) is 18.9. The molecule has 0 aliphatic heterocycles. The molecule has 1 saturated carbocycles. The van der Waals surface area contributed by atoms with Crippen LogP contribution in [0, 0.1) is 25.2 Å². The van der Waals surface area contributed by atoms with Crippen LogP contribution in [0.1, 0.15) is 75.4 Å². The number of amides is 1. The smallest absolute Gasteiger partial charge is 0.262 e. The fraction of sp³-hybridized carbons (Fsp3) is 0.462. The molecule has 1 N–H and O–H groups in total. The first-order valence-electron chi connectivity index (χ1n) is 10.9. The number of nitrogens with zero attached hydrogens (tertiary/aromatic N) is 2. The topological polar surface area (TPSA) is 57.8 Å². The first-order chi connectivity index (χ1) is 14.2. The maximum atomic E-state index is 12.6. The molecule has 0 spiro atoms. The van der Waals surface area contributed by atoms with E-state index in [-0.39, 0.29) is 22.9 Å². The zero-order valence-electron chi connectivity index (χ0n) is 18.9. The van der Waals surface area contributed by atoms with Crippen LogP contribution in [0.15, 0.2) is 35.9 Å². The summed E-state index contributed by atoms with van der Waals surface area (Å²) < 4.78 is 2.17. The molecule has 1 aromatic carbocycles. The quantitative estimate of drug-likeness (QED) is 0.522. The summed E-state index contributed by atoms with van der Waals surface area (Å²) in [7, 11) is 0. The molecule has 3 rings (SSSR count). The van der Waals surface area contributed by atoms with E-state index in [1.807, 2.05) is 13.0 Å². The second-order valence-corrected chi connectivity index (χ2v) is 9.44. The van der Waals surface area contributed by atoms with E-state index in [4.69, 9.17) is 0 Å². The second-order valence-electron chi connectivity index (χ2n) is 9.44. The normalized spacial score (nSPS) is 15.7. The van der Waals surface area contributed by atoms with Gasteiger partial charge in [0, 0.05) is 23.1 Å². The highest BCUT2D eigenvalue weighted by atomic mass is 16.1. The van der Waals surface area contributed by atoms with Crippen LogP contribution in [0.4, 0.5) is 0 Å². The number of carbonyl (C=O) groups is 1. The van der Waals surface area contributed by atoms with E-state index < -0.39 is 0 Å². The Morgan fingerprint density at radius 3 is 2.33 bits per heavy atom. The third-order valence-electron chi connectivity index (χ3n) is 6.07. The maximum Gasteiger partial charge on any atom is 0.262 e. The van der Waals surface area contributed by atoms with Crippen molar-refractivity contribution in [1.29, 1.82) is 5.26 Å². The van der Waals surface area contributed by atoms with Crippen molar-refractivity contribution in [2.75, 3.05) is 0 Å². The Bertz CT molecular complexity index is 975. The molecule has 1 fully saturated rings. The van der Waals surface area contributed by atoms with Gasteiger partial charge in [-0.1, -0.05) is 52.2 Å². The van der Waals surface area contributed by atoms with Crippen LogP contribution in [0.25, 0.3) is 11.8 Å². The van der Waals surface area contributed by atoms with Crippen molar-refractivity contribution in [3.63, 3.8) is 0 Å². The number of rotatable bonds is 4. The maximum absolute atomic E-state index is 12.6. The summed E-state index contributed by atoms with van der Waals surface area (Å²) in [4.78, 5) is 12.6. The van der Waals surface area contributed by atoms with Gasteiger partial charge in [-0.05, 0) is 67.5 Å². The van der Waals surface area contributed by atoms with Gasteiger partial charge in [0.1, 0.15) is 11.6 Å². The lowest BCUT2D eigenvalue weighted by molar-refractivity contribution is -0.117. The first kappa shape index (κ1) is 21.9. The Balaban J connectivity index is 1.86. The van der Waals surface area contributed by atoms with Crippen LogP contribution < -0.4 is 5.32 Å². The summed E-state index contributed by atoms with van der Waals surface area (Å²) in [6.45, 7) is 10.7. The lowest BCUT2D eigenvalue weighted by Crippen LogP contribution is -2.36. The first-order valence-corrected chi connectivity index (χ1v) is 10.9. The Morgan fingerprint density at radius 2 is 1.77 bits per heavy atom. The van der Waals surface area contributed by atoms with E-state index in [9.17, 15) is 10.1 Å². The molecule has 4 heteroatoms. The van der Waals surface area contributed by atoms with Crippen molar-refractivity contribution in [2.24, 2.45) is 0 Å². The van der Waals surface area contributed by atoms with Gasteiger partial charge < -0.3 is 9.88 Å². The molecule has 4 nitrogen and oxygen atoms in total. The molecular formula is C26H33N3O. The molecule has 1 aromatic heterocycles. The van der Waals surface area contributed by atoms with Gasteiger partial charge in [0.15, 0.2) is 0 Å². The van der Waals surface area contributed by atoms with Gasteiger partial charge in [0.2, 0.25) is 0 Å². The number of benzene rings is 1. The highest BCUT2D eigenvalue weighted by Gasteiger charge is 2.19. The van der Waals surface area contributed by atoms with Gasteiger partial charge >= 0.3 is 0 Å². The lowest BCUT2D eigenvalue weighted by Gasteiger charge is -2.22. The predicted octanol–water partition coefficient (Wildman–Crippen LogP) is 5.75. The van der Waals surface area contributed by atoms with Crippen molar-refractivity contribution in [3.05, 3.63) is 58.4 Å². The molecule has 2 aromatic rings. The van der Waals surface area contributed by atoms with E-state index in [0.717, 1.165) is 48.3 Å². The van der Waals surface area contributed by atoms with Crippen LogP contribution in [-0.4, -0.2) is 16.5 Å². The summed E-state index contributed by atoms with van der Waals surface area (Å²) in [5.41, 5.74) is 5.66. The average Bonchev–Trinajstić information content (AvgIpc) is 2.99. The van der Waals surface area contributed by atoms with E-state index in [0.29, 0.717) is 0 Å². The molecule has 30 heavy (non-hydrogen) atoms. The van der Waals surface area contributed by atoms with Gasteiger partial charge in [-0.25, -0.2) is 0 Å². The number of hydrogen-bond acceptors (Lipinski definition) is 2. The van der Waals surface area contributed by atoms with E-state index in [1.165, 1.54) is 12.0 Å². The Kier molecular flexibility index (Phi) is 6.51. The highest BCUT2D eigenvalue weighted by molar-refractivity contribution is 6.02. The van der Waals surface area contributed by atoms with Gasteiger partial charge in [-0.2, -0.15) is 5.26 Å². The highest BCUT2D eigenvalue weighted by Crippen LogP contribution is 2.27. The summed E-state index contributed by atoms with van der Waals surface area (Å²) in [5.74, 6) is -0.260. The number of aryl methyl sites for hydroxylation is 1. The van der Waals surface area contributed by atoms with Gasteiger partial charge in [-0.3, -0.25) is 4.79 Å². The third-order valence-corrected chi connectivity index (χ3v) is 6.07. The summed E-state index contributed by atoms with van der Waals surface area (Å²) in [6.07, 6.45) is 7.25. The van der Waals surface area contributed by atoms with E-state index in [1.54, 1.807) is 6.08 Å². The standard InChI is InChI=1S/C26H33N3O/c1-18-15-20(16-21(17-27)25(30)28-23-9-7-6-8-10-23)19(2)29(18)24-13-11-22(12-14-24)26(3,4)5/h11-16,23H,6-10H2,1-5H3,(H,28,30)/b21-16-. The molecule has 0 atom stereocenters. The van der Waals surface area contributed by atoms with Gasteiger partial charge in [0.25, 0.3) is 5.91 Å². The molecular weight excluding hydrogens is 370 g/mol. The number of carbonyl (C=O) groups excluding carboxylic acids is 1. The van der Waals surface area contributed by atoms with Crippen LogP contribution in [0.5, 0.6) is 0 Å². The van der Waals surface area contributed by atoms with Crippen molar-refractivity contribution in [3.8, 4) is 11.8 Å². The van der Waals surface area contributed by atoms with Crippen molar-refractivity contribution >= 4 is 12.0 Å². The van der Waals surface area contributed by atoms with Crippen molar-refractivity contribution < 1.29 is 4.79 Å². The van der Waals surface area contributed by atoms with E-state index in [2.05, 4.69) is 67.9 Å². The summed E-state index contributed by atoms with van der Waals surface area (Å²) in [6, 6.07) is 12.9. The molecule has 1 aliphatic carbocycles. The van der Waals surface area contributed by atoms with Crippen molar-refractivity contribution in [2.45, 2.75) is 78.2 Å². The summed E-state index contributed by atoms with van der Waals surface area (Å²) >= 11 is 0. The minimum absolute atomic E-state index is 0.112. The number of aromatic nitrogens is 1. The second kappa shape index (κ2) is 8.92. The van der Waals surface area contributed by atoms with Crippen molar-refractivity contribution in [1.82, 2.24) is 9.88 Å². The van der Waals surface area contributed by atoms with Gasteiger partial charge in [-0.15, -0.1) is 0 Å². The number of nitrogens with one attached hydrogen (secondary N) is 1. The molecule has 1 amide bonds. The Morgan fingerprint density at radius 1 is 1.13 bits per heavy atom. The molecule has 0 radical (unpaired) electrons. The Hall–Kier alpha value is -2.80. The fourth-order valence-corrected chi connectivity index (χ4v) is 4.26. The number of hydrogen-bond donors (Lipinski definition) is 1. The third kappa shape index (κ3) is 4.84. The monoisotopic (exact) mass is 403 g/mol. The summed E-state index contributed by atoms with van der Waals surface area (Å²) in [5, 5.41) is 12.6. The molecule has 158 valence electrons. The number of nitriles is 1. The zero-order chi connectivity index (χ0) is 21.9. The minimum Gasteiger partial charge on any atom is -0.349 e. The SMILES string of the molecule is Cc1cc(/C=C(/C#N)C(=O)NC2CCCCC2)c(C)n1-c1ccc(C(C)(C)C)cc1. The molecule has 0 saturated heterocycles. The predicted molar refractivity (Wildman–Crippen MR) is 123 cm³/mol. The van der Waals surface area contributed by atoms with E-state index >= 15 is 0 Å². The molecule has 1 heterocycles. The molecule has 1 aliphatic rings. The van der Waals surface area contributed by atoms with Crippen LogP contribution in [-0.2, 0) is 10.2 Å². The van der Waals surface area contributed by atoms with Gasteiger partial charge in [0.05, 0.1) is 0 Å². The molecule has 0 unspecified atom stereocenters. The largest absolute Gasteiger partial charge is 0.349 e. The Labute approximate surface area is 180 Å². The minimum atomic E-state index is -0.260. The average molecular weight is 404 g/mol. The lowest BCUT2D eigenvalue weighted by atomic mass is 9.87. The van der Waals surface area contributed by atoms with Crippen LogP contribution in [0.3, 0.4) is 0 Å². The fourth-order valence-electron chi connectivity index (χ4n) is 4.26. The van der Waals surface area contributed by atoms with Crippen LogP contribution >= 0.6 is 0 Å². The van der Waals surface area contributed by atoms with Crippen LogP contribution in [0.2, 0.25) is 0 Å².